The second-order valence-corrected chi connectivity index (χ2v) is 6.88. The monoisotopic (exact) mass is 340 g/mol. The molecule has 2 N–H and O–H groups in total. The Kier molecular flexibility index (Phi) is 4.95. The van der Waals surface area contributed by atoms with Gasteiger partial charge in [-0.15, -0.1) is 0 Å². The molecule has 0 fully saturated rings. The van der Waals surface area contributed by atoms with Crippen molar-refractivity contribution in [3.8, 4) is 0 Å². The molecule has 0 aliphatic heterocycles. The molecule has 2 rings (SSSR count). The van der Waals surface area contributed by atoms with Crippen molar-refractivity contribution in [2.24, 2.45) is 0 Å². The maximum atomic E-state index is 13.0. The maximum Gasteiger partial charge on any atom is 0.243 e. The first-order valence-corrected chi connectivity index (χ1v) is 8.43. The lowest BCUT2D eigenvalue weighted by atomic mass is 10.3. The second kappa shape index (κ2) is 6.74. The van der Waals surface area contributed by atoms with Crippen LogP contribution in [0.4, 0.5) is 20.2 Å². The number of nitrogens with one attached hydrogen (secondary N) is 2. The van der Waals surface area contributed by atoms with Crippen molar-refractivity contribution < 1.29 is 22.0 Å². The van der Waals surface area contributed by atoms with Gasteiger partial charge < -0.3 is 10.6 Å². The molecule has 0 saturated heterocycles. The first-order valence-electron chi connectivity index (χ1n) is 6.54. The molecular formula is C15H14F2N2O3S. The van der Waals surface area contributed by atoms with Crippen LogP contribution in [-0.4, -0.2) is 27.1 Å². The second-order valence-electron chi connectivity index (χ2n) is 4.86. The average molecular weight is 340 g/mol. The smallest absolute Gasteiger partial charge is 0.243 e. The van der Waals surface area contributed by atoms with Gasteiger partial charge in [0.05, 0.1) is 11.4 Å². The van der Waals surface area contributed by atoms with Gasteiger partial charge in [-0.2, -0.15) is 0 Å². The molecule has 2 aromatic rings. The molecule has 122 valence electrons. The van der Waals surface area contributed by atoms with E-state index >= 15 is 0 Å². The van der Waals surface area contributed by atoms with Gasteiger partial charge in [-0.25, -0.2) is 17.2 Å². The van der Waals surface area contributed by atoms with Crippen molar-refractivity contribution in [1.82, 2.24) is 0 Å². The maximum absolute atomic E-state index is 13.0. The predicted molar refractivity (Wildman–Crippen MR) is 83.0 cm³/mol. The first-order chi connectivity index (χ1) is 10.7. The summed E-state index contributed by atoms with van der Waals surface area (Å²) in [7, 11) is -3.35. The third kappa shape index (κ3) is 5.03. The van der Waals surface area contributed by atoms with Gasteiger partial charge in [-0.1, -0.05) is 6.07 Å². The molecule has 0 aliphatic carbocycles. The zero-order valence-electron chi connectivity index (χ0n) is 12.1. The molecule has 23 heavy (non-hydrogen) atoms. The van der Waals surface area contributed by atoms with E-state index in [1.807, 2.05) is 0 Å². The number of carbonyl (C=O) groups is 1. The van der Waals surface area contributed by atoms with Crippen LogP contribution in [0.15, 0.2) is 47.4 Å². The summed E-state index contributed by atoms with van der Waals surface area (Å²) in [5.41, 5.74) is 0.438. The molecular weight excluding hydrogens is 326 g/mol. The van der Waals surface area contributed by atoms with Crippen LogP contribution in [0.2, 0.25) is 0 Å². The highest BCUT2D eigenvalue weighted by Gasteiger charge is 2.09. The van der Waals surface area contributed by atoms with Crippen molar-refractivity contribution in [2.75, 3.05) is 23.4 Å². The fourth-order valence-electron chi connectivity index (χ4n) is 1.85. The summed E-state index contributed by atoms with van der Waals surface area (Å²) in [6.07, 6.45) is 1.08. The predicted octanol–water partition coefficient (Wildman–Crippen LogP) is 2.42. The minimum absolute atomic E-state index is 0.000753. The molecule has 0 atom stereocenters. The molecule has 5 nitrogen and oxygen atoms in total. The van der Waals surface area contributed by atoms with E-state index in [-0.39, 0.29) is 17.1 Å². The Balaban J connectivity index is 1.99. The van der Waals surface area contributed by atoms with E-state index in [2.05, 4.69) is 10.6 Å². The molecule has 0 unspecified atom stereocenters. The Morgan fingerprint density at radius 3 is 2.30 bits per heavy atom. The summed E-state index contributed by atoms with van der Waals surface area (Å²) >= 11 is 0. The van der Waals surface area contributed by atoms with Crippen LogP contribution >= 0.6 is 0 Å². The van der Waals surface area contributed by atoms with Crippen molar-refractivity contribution in [1.29, 1.82) is 0 Å². The number of benzene rings is 2. The van der Waals surface area contributed by atoms with E-state index < -0.39 is 27.4 Å². The number of hydrogen-bond acceptors (Lipinski definition) is 4. The highest BCUT2D eigenvalue weighted by atomic mass is 32.2. The Hall–Kier alpha value is -2.48. The Labute approximate surface area is 132 Å². The highest BCUT2D eigenvalue weighted by molar-refractivity contribution is 7.90. The highest BCUT2D eigenvalue weighted by Crippen LogP contribution is 2.15. The standard InChI is InChI=1S/C15H14F2N2O3S/c1-23(21,22)14-4-2-3-12(8-14)18-9-15(20)19-13-6-10(16)5-11(17)7-13/h2-8,18H,9H2,1H3,(H,19,20). The summed E-state index contributed by atoms with van der Waals surface area (Å²) in [4.78, 5) is 11.9. The largest absolute Gasteiger partial charge is 0.376 e. The minimum atomic E-state index is -3.35. The summed E-state index contributed by atoms with van der Waals surface area (Å²) in [5, 5.41) is 5.08. The number of hydrogen-bond donors (Lipinski definition) is 2. The molecule has 0 aromatic heterocycles. The summed E-state index contributed by atoms with van der Waals surface area (Å²) < 4.78 is 48.9. The average Bonchev–Trinajstić information content (AvgIpc) is 2.43. The van der Waals surface area contributed by atoms with E-state index in [1.165, 1.54) is 12.1 Å². The number of carbonyl (C=O) groups excluding carboxylic acids is 1. The summed E-state index contributed by atoms with van der Waals surface area (Å²) in [6, 6.07) is 8.66. The van der Waals surface area contributed by atoms with Crippen molar-refractivity contribution in [2.45, 2.75) is 4.90 Å². The van der Waals surface area contributed by atoms with Gasteiger partial charge in [-0.05, 0) is 30.3 Å². The fourth-order valence-corrected chi connectivity index (χ4v) is 2.52. The molecule has 0 aliphatic rings. The van der Waals surface area contributed by atoms with Crippen LogP contribution in [0.1, 0.15) is 0 Å². The molecule has 0 radical (unpaired) electrons. The number of rotatable bonds is 5. The van der Waals surface area contributed by atoms with E-state index in [0.717, 1.165) is 18.4 Å². The lowest BCUT2D eigenvalue weighted by Gasteiger charge is -2.09. The van der Waals surface area contributed by atoms with Crippen molar-refractivity contribution in [3.63, 3.8) is 0 Å². The molecule has 0 bridgehead atoms. The van der Waals surface area contributed by atoms with Gasteiger partial charge in [0.1, 0.15) is 11.6 Å². The normalized spacial score (nSPS) is 11.1. The van der Waals surface area contributed by atoms with Gasteiger partial charge in [-0.3, -0.25) is 4.79 Å². The van der Waals surface area contributed by atoms with E-state index in [9.17, 15) is 22.0 Å². The zero-order valence-corrected chi connectivity index (χ0v) is 13.0. The Morgan fingerprint density at radius 2 is 1.70 bits per heavy atom. The molecule has 0 heterocycles. The van der Waals surface area contributed by atoms with Crippen LogP contribution in [-0.2, 0) is 14.6 Å². The van der Waals surface area contributed by atoms with Crippen molar-refractivity contribution >= 4 is 27.1 Å². The van der Waals surface area contributed by atoms with Crippen LogP contribution in [0.3, 0.4) is 0 Å². The Morgan fingerprint density at radius 1 is 1.04 bits per heavy atom. The third-order valence-corrected chi connectivity index (χ3v) is 3.97. The first kappa shape index (κ1) is 16.9. The molecule has 8 heteroatoms. The van der Waals surface area contributed by atoms with E-state index in [0.29, 0.717) is 11.8 Å². The molecule has 1 amide bonds. The molecule has 0 saturated carbocycles. The van der Waals surface area contributed by atoms with Gasteiger partial charge in [0.15, 0.2) is 9.84 Å². The molecule has 2 aromatic carbocycles. The summed E-state index contributed by atoms with van der Waals surface area (Å²) in [6.45, 7) is -0.189. The lowest BCUT2D eigenvalue weighted by Crippen LogP contribution is -2.22. The van der Waals surface area contributed by atoms with Crippen LogP contribution in [0, 0.1) is 11.6 Å². The topological polar surface area (TPSA) is 75.3 Å². The SMILES string of the molecule is CS(=O)(=O)c1cccc(NCC(=O)Nc2cc(F)cc(F)c2)c1. The number of anilines is 2. The van der Waals surface area contributed by atoms with E-state index in [4.69, 9.17) is 0 Å². The van der Waals surface area contributed by atoms with Crippen LogP contribution in [0.25, 0.3) is 0 Å². The quantitative estimate of drug-likeness (QED) is 0.876. The Bertz CT molecular complexity index is 818. The minimum Gasteiger partial charge on any atom is -0.376 e. The third-order valence-electron chi connectivity index (χ3n) is 2.86. The number of sulfone groups is 1. The van der Waals surface area contributed by atoms with Gasteiger partial charge in [0, 0.05) is 23.7 Å². The van der Waals surface area contributed by atoms with Gasteiger partial charge >= 0.3 is 0 Å². The van der Waals surface area contributed by atoms with Crippen molar-refractivity contribution in [3.05, 3.63) is 54.1 Å². The van der Waals surface area contributed by atoms with Crippen LogP contribution in [0.5, 0.6) is 0 Å². The van der Waals surface area contributed by atoms with E-state index in [1.54, 1.807) is 12.1 Å². The zero-order chi connectivity index (χ0) is 17.0. The lowest BCUT2D eigenvalue weighted by molar-refractivity contribution is -0.114. The fraction of sp³-hybridized carbons (Fsp3) is 0.133. The number of halogens is 2. The molecule has 0 spiro atoms. The van der Waals surface area contributed by atoms with Crippen LogP contribution < -0.4 is 10.6 Å². The van der Waals surface area contributed by atoms with Gasteiger partial charge in [0.2, 0.25) is 5.91 Å². The van der Waals surface area contributed by atoms with Gasteiger partial charge in [0.25, 0.3) is 0 Å². The number of amides is 1. The summed E-state index contributed by atoms with van der Waals surface area (Å²) in [5.74, 6) is -2.12.